The lowest BCUT2D eigenvalue weighted by Crippen LogP contribution is -2.60. The fourth-order valence-corrected chi connectivity index (χ4v) is 7.28. The molecule has 2 saturated heterocycles. The molecule has 1 N–H and O–H groups in total. The van der Waals surface area contributed by atoms with E-state index in [4.69, 9.17) is 14.2 Å². The highest BCUT2D eigenvalue weighted by atomic mass is 19.4. The highest BCUT2D eigenvalue weighted by Crippen LogP contribution is 2.54. The molecule has 1 unspecified atom stereocenters. The monoisotopic (exact) mass is 774 g/mol. The zero-order chi connectivity index (χ0) is 39.9. The van der Waals surface area contributed by atoms with Crippen LogP contribution in [0.1, 0.15) is 49.9 Å². The first-order valence-electron chi connectivity index (χ1n) is 17.6. The average Bonchev–Trinajstić information content (AvgIpc) is 3.35. The van der Waals surface area contributed by atoms with Gasteiger partial charge in [-0.05, 0) is 68.7 Å². The number of fused-ring (bicyclic) bond motifs is 1. The molecule has 3 heterocycles. The van der Waals surface area contributed by atoms with E-state index in [-0.39, 0.29) is 24.2 Å². The Morgan fingerprint density at radius 1 is 0.909 bits per heavy atom. The zero-order valence-electron chi connectivity index (χ0n) is 30.5. The predicted molar refractivity (Wildman–Crippen MR) is 189 cm³/mol. The Bertz CT molecular complexity index is 1960. The third-order valence-electron chi connectivity index (χ3n) is 10.2. The zero-order valence-corrected chi connectivity index (χ0v) is 30.5. The largest absolute Gasteiger partial charge is 0.486 e. The maximum Gasteiger partial charge on any atom is 0.430 e. The molecule has 0 spiro atoms. The molecule has 55 heavy (non-hydrogen) atoms. The minimum atomic E-state index is -5.88. The number of benzene rings is 3. The van der Waals surface area contributed by atoms with Gasteiger partial charge in [-0.25, -0.2) is 4.79 Å². The van der Waals surface area contributed by atoms with Crippen molar-refractivity contribution in [3.8, 4) is 11.5 Å². The van der Waals surface area contributed by atoms with Gasteiger partial charge < -0.3 is 29.3 Å². The third-order valence-corrected chi connectivity index (χ3v) is 10.2. The molecule has 0 bridgehead atoms. The number of nitrogens with zero attached hydrogens (tertiary/aromatic N) is 3. The van der Waals surface area contributed by atoms with Gasteiger partial charge in [0.1, 0.15) is 25.3 Å². The lowest BCUT2D eigenvalue weighted by molar-refractivity contribution is -0.392. The van der Waals surface area contributed by atoms with E-state index in [2.05, 4.69) is 5.32 Å². The van der Waals surface area contributed by atoms with E-state index >= 15 is 0 Å². The van der Waals surface area contributed by atoms with Crippen LogP contribution in [0.5, 0.6) is 11.5 Å². The quantitative estimate of drug-likeness (QED) is 0.186. The van der Waals surface area contributed by atoms with Crippen molar-refractivity contribution >= 4 is 29.6 Å². The van der Waals surface area contributed by atoms with Crippen molar-refractivity contribution in [2.75, 3.05) is 37.7 Å². The van der Waals surface area contributed by atoms with Crippen LogP contribution in [0.3, 0.4) is 0 Å². The molecule has 0 saturated carbocycles. The maximum absolute atomic E-state index is 14.7. The van der Waals surface area contributed by atoms with Crippen LogP contribution < -0.4 is 19.7 Å². The molecule has 6 rings (SSSR count). The topological polar surface area (TPSA) is 101 Å². The van der Waals surface area contributed by atoms with Crippen LogP contribution in [-0.2, 0) is 32.1 Å². The Hall–Kier alpha value is -5.25. The first-order chi connectivity index (χ1) is 25.9. The highest BCUT2D eigenvalue weighted by Gasteiger charge is 2.73. The van der Waals surface area contributed by atoms with Crippen molar-refractivity contribution < 1.29 is 54.9 Å². The van der Waals surface area contributed by atoms with Crippen molar-refractivity contribution in [1.82, 2.24) is 15.1 Å². The summed E-state index contributed by atoms with van der Waals surface area (Å²) in [5.41, 5.74) is -6.25. The van der Waals surface area contributed by atoms with Gasteiger partial charge in [-0.1, -0.05) is 54.6 Å². The normalized spacial score (nSPS) is 22.0. The lowest BCUT2D eigenvalue weighted by atomic mass is 9.89. The van der Waals surface area contributed by atoms with Crippen LogP contribution in [0, 0.1) is 0 Å². The molecule has 2 fully saturated rings. The number of carbonyl (C=O) groups is 3. The number of urea groups is 1. The first kappa shape index (κ1) is 39.4. The van der Waals surface area contributed by atoms with Gasteiger partial charge in [-0.3, -0.25) is 14.5 Å². The van der Waals surface area contributed by atoms with Gasteiger partial charge in [0, 0.05) is 36.4 Å². The van der Waals surface area contributed by atoms with Crippen LogP contribution in [0.4, 0.5) is 36.8 Å². The summed E-state index contributed by atoms with van der Waals surface area (Å²) >= 11 is 0. The summed E-state index contributed by atoms with van der Waals surface area (Å²) in [6.45, 7) is 6.00. The number of hydrogen-bond donors (Lipinski definition) is 1. The van der Waals surface area contributed by atoms with Crippen molar-refractivity contribution in [1.29, 1.82) is 0 Å². The maximum atomic E-state index is 14.7. The number of rotatable bonds is 9. The Morgan fingerprint density at radius 3 is 2.24 bits per heavy atom. The SMILES string of the molecule is CC=Cc1cc(C(OCc2ccccc2)(C(F)(F)F)C(F)(F)F)ccc1N1C[C@H](C)N(C(=O)CN2C(=O)N[C@](C)(c3ccc4c(c3)OCCO4)C2=O)CC1C. The van der Waals surface area contributed by atoms with Gasteiger partial charge in [-0.2, -0.15) is 26.3 Å². The molecule has 4 amide bonds. The minimum absolute atomic E-state index is 0.0787. The third kappa shape index (κ3) is 7.19. The number of ether oxygens (including phenoxy) is 3. The minimum Gasteiger partial charge on any atom is -0.486 e. The number of alkyl halides is 6. The van der Waals surface area contributed by atoms with Crippen LogP contribution in [0.2, 0.25) is 0 Å². The smallest absolute Gasteiger partial charge is 0.430 e. The second kappa shape index (κ2) is 14.8. The fraction of sp³-hybridized carbons (Fsp3) is 0.410. The second-order valence-corrected chi connectivity index (χ2v) is 13.9. The second-order valence-electron chi connectivity index (χ2n) is 13.9. The summed E-state index contributed by atoms with van der Waals surface area (Å²) < 4.78 is 104. The summed E-state index contributed by atoms with van der Waals surface area (Å²) in [6.07, 6.45) is -8.84. The highest BCUT2D eigenvalue weighted by molar-refractivity contribution is 6.09. The number of nitrogens with one attached hydrogen (secondary N) is 1. The molecule has 0 radical (unpaired) electrons. The van der Waals surface area contributed by atoms with Crippen LogP contribution in [0.15, 0.2) is 72.8 Å². The standard InChI is InChI=1S/C39H40F6N4O6/c1-5-9-27-18-29(37(38(40,41)42,39(43,44)45)55-23-26-10-7-6-8-11-26)12-14-30(27)47-20-25(3)48(21-24(47)2)33(50)22-49-34(51)36(4,46-35(49)52)28-13-15-31-32(19-28)54-17-16-53-31/h5-15,18-19,24-25H,16-17,20-23H2,1-4H3,(H,46,52)/t24?,25-,36+/m0/s1. The molecule has 3 aliphatic rings. The Kier molecular flexibility index (Phi) is 10.6. The molecule has 16 heteroatoms. The van der Waals surface area contributed by atoms with Crippen LogP contribution in [-0.4, -0.2) is 84.9 Å². The summed E-state index contributed by atoms with van der Waals surface area (Å²) in [5.74, 6) is -0.235. The molecular formula is C39H40F6N4O6. The Balaban J connectivity index is 1.22. The van der Waals surface area contributed by atoms with E-state index < -0.39 is 72.1 Å². The molecule has 3 aromatic carbocycles. The number of imide groups is 1. The van der Waals surface area contributed by atoms with E-state index in [1.165, 1.54) is 54.3 Å². The number of halogens is 6. The molecule has 0 aromatic heterocycles. The number of allylic oxidation sites excluding steroid dienone is 1. The number of hydrogen-bond acceptors (Lipinski definition) is 7. The van der Waals surface area contributed by atoms with Crippen molar-refractivity contribution in [2.45, 2.75) is 69.9 Å². The number of piperazine rings is 1. The van der Waals surface area contributed by atoms with Gasteiger partial charge in [0.15, 0.2) is 11.5 Å². The molecule has 3 aliphatic heterocycles. The number of anilines is 1. The van der Waals surface area contributed by atoms with Gasteiger partial charge in [-0.15, -0.1) is 0 Å². The van der Waals surface area contributed by atoms with Crippen molar-refractivity contribution in [3.63, 3.8) is 0 Å². The predicted octanol–water partition coefficient (Wildman–Crippen LogP) is 6.92. The van der Waals surface area contributed by atoms with Crippen LogP contribution in [0.25, 0.3) is 6.08 Å². The summed E-state index contributed by atoms with van der Waals surface area (Å²) in [6, 6.07) is 13.2. The van der Waals surface area contributed by atoms with Crippen LogP contribution >= 0.6 is 0 Å². The number of carbonyl (C=O) groups excluding carboxylic acids is 3. The molecule has 0 aliphatic carbocycles. The Morgan fingerprint density at radius 2 is 1.58 bits per heavy atom. The summed E-state index contributed by atoms with van der Waals surface area (Å²) in [5, 5.41) is 2.68. The van der Waals surface area contributed by atoms with Gasteiger partial charge in [0.05, 0.1) is 6.61 Å². The molecule has 3 atom stereocenters. The van der Waals surface area contributed by atoms with E-state index in [0.717, 1.165) is 17.0 Å². The van der Waals surface area contributed by atoms with E-state index in [1.807, 2.05) is 0 Å². The molecule has 10 nitrogen and oxygen atoms in total. The van der Waals surface area contributed by atoms with E-state index in [1.54, 1.807) is 49.9 Å². The molecule has 294 valence electrons. The number of amides is 4. The van der Waals surface area contributed by atoms with Gasteiger partial charge in [0.2, 0.25) is 5.91 Å². The summed E-state index contributed by atoms with van der Waals surface area (Å²) in [4.78, 5) is 44.6. The Labute approximate surface area is 313 Å². The lowest BCUT2D eigenvalue weighted by Gasteiger charge is -2.46. The van der Waals surface area contributed by atoms with E-state index in [9.17, 15) is 40.7 Å². The van der Waals surface area contributed by atoms with Crippen molar-refractivity contribution in [3.05, 3.63) is 95.1 Å². The van der Waals surface area contributed by atoms with Crippen molar-refractivity contribution in [2.24, 2.45) is 0 Å². The molecular weight excluding hydrogens is 734 g/mol. The van der Waals surface area contributed by atoms with Gasteiger partial charge in [0.25, 0.3) is 11.5 Å². The fourth-order valence-electron chi connectivity index (χ4n) is 7.28. The van der Waals surface area contributed by atoms with Gasteiger partial charge >= 0.3 is 18.4 Å². The first-order valence-corrected chi connectivity index (χ1v) is 17.6. The molecule has 3 aromatic rings. The summed E-state index contributed by atoms with van der Waals surface area (Å²) in [7, 11) is 0. The average molecular weight is 775 g/mol. The van der Waals surface area contributed by atoms with E-state index in [0.29, 0.717) is 36.0 Å².